The Bertz CT molecular complexity index is 261. The Morgan fingerprint density at radius 1 is 1.12 bits per heavy atom. The number of rotatable bonds is 2. The molecule has 0 aromatic heterocycles. The maximum Gasteiger partial charge on any atom is 0.0672 e. The van der Waals surface area contributed by atoms with E-state index in [4.69, 9.17) is 5.26 Å². The zero-order chi connectivity index (χ0) is 11.4. The second-order valence-corrected chi connectivity index (χ2v) is 5.16. The van der Waals surface area contributed by atoms with Gasteiger partial charge in [-0.3, -0.25) is 4.90 Å². The lowest BCUT2D eigenvalue weighted by Crippen LogP contribution is -2.46. The van der Waals surface area contributed by atoms with Crippen LogP contribution < -0.4 is 0 Å². The summed E-state index contributed by atoms with van der Waals surface area (Å²) in [5.74, 6) is 0.201. The number of likely N-dealkylation sites (tertiary alicyclic amines) is 1. The first-order chi connectivity index (χ1) is 7.86. The van der Waals surface area contributed by atoms with Crippen LogP contribution in [-0.2, 0) is 0 Å². The van der Waals surface area contributed by atoms with Gasteiger partial charge in [-0.25, -0.2) is 0 Å². The fourth-order valence-electron chi connectivity index (χ4n) is 3.32. The number of nitrogens with zero attached hydrogens (tertiary/aromatic N) is 2. The van der Waals surface area contributed by atoms with E-state index in [-0.39, 0.29) is 12.5 Å². The number of nitriles is 1. The SMILES string of the molecule is N#CC1CCCC1N1CCCCCC1CO. The Labute approximate surface area is 98.1 Å². The molecule has 1 saturated heterocycles. The minimum atomic E-state index is 0.201. The minimum Gasteiger partial charge on any atom is -0.395 e. The van der Waals surface area contributed by atoms with Crippen molar-refractivity contribution in [3.63, 3.8) is 0 Å². The Balaban J connectivity index is 2.06. The molecule has 3 nitrogen and oxygen atoms in total. The molecule has 1 heterocycles. The van der Waals surface area contributed by atoms with Gasteiger partial charge >= 0.3 is 0 Å². The lowest BCUT2D eigenvalue weighted by atomic mass is 10.0. The second-order valence-electron chi connectivity index (χ2n) is 5.16. The van der Waals surface area contributed by atoms with E-state index in [1.165, 1.54) is 25.7 Å². The second kappa shape index (κ2) is 5.65. The summed E-state index contributed by atoms with van der Waals surface area (Å²) < 4.78 is 0. The standard InChI is InChI=1S/C13H22N2O/c14-9-11-5-4-7-13(11)15-8-3-1-2-6-12(15)10-16/h11-13,16H,1-8,10H2. The Kier molecular flexibility index (Phi) is 4.20. The zero-order valence-corrected chi connectivity index (χ0v) is 9.94. The van der Waals surface area contributed by atoms with Gasteiger partial charge in [0.2, 0.25) is 0 Å². The molecule has 0 amide bonds. The molecule has 0 aromatic carbocycles. The highest BCUT2D eigenvalue weighted by atomic mass is 16.3. The van der Waals surface area contributed by atoms with Crippen molar-refractivity contribution in [2.45, 2.75) is 57.0 Å². The van der Waals surface area contributed by atoms with Crippen LogP contribution in [0.3, 0.4) is 0 Å². The molecule has 1 aliphatic heterocycles. The lowest BCUT2D eigenvalue weighted by Gasteiger charge is -2.35. The predicted octanol–water partition coefficient (Wildman–Crippen LogP) is 1.92. The summed E-state index contributed by atoms with van der Waals surface area (Å²) in [5.41, 5.74) is 0. The van der Waals surface area contributed by atoms with E-state index >= 15 is 0 Å². The van der Waals surface area contributed by atoms with E-state index in [2.05, 4.69) is 11.0 Å². The van der Waals surface area contributed by atoms with E-state index in [9.17, 15) is 5.11 Å². The number of aliphatic hydroxyl groups is 1. The molecule has 2 fully saturated rings. The van der Waals surface area contributed by atoms with Crippen molar-refractivity contribution in [3.8, 4) is 6.07 Å². The minimum absolute atomic E-state index is 0.201. The molecule has 90 valence electrons. The van der Waals surface area contributed by atoms with Crippen molar-refractivity contribution in [3.05, 3.63) is 0 Å². The molecule has 0 aromatic rings. The third-order valence-corrected chi connectivity index (χ3v) is 4.20. The fraction of sp³-hybridized carbons (Fsp3) is 0.923. The Hall–Kier alpha value is -0.590. The third kappa shape index (κ3) is 2.39. The van der Waals surface area contributed by atoms with Crippen molar-refractivity contribution >= 4 is 0 Å². The topological polar surface area (TPSA) is 47.3 Å². The van der Waals surface area contributed by atoms with Crippen molar-refractivity contribution in [1.82, 2.24) is 4.90 Å². The van der Waals surface area contributed by atoms with Gasteiger partial charge in [0.05, 0.1) is 18.6 Å². The van der Waals surface area contributed by atoms with Crippen LogP contribution >= 0.6 is 0 Å². The molecule has 16 heavy (non-hydrogen) atoms. The van der Waals surface area contributed by atoms with Gasteiger partial charge in [-0.1, -0.05) is 19.3 Å². The van der Waals surface area contributed by atoms with Gasteiger partial charge in [0.1, 0.15) is 0 Å². The summed E-state index contributed by atoms with van der Waals surface area (Å²) in [7, 11) is 0. The average molecular weight is 222 g/mol. The molecule has 1 N–H and O–H groups in total. The highest BCUT2D eigenvalue weighted by molar-refractivity contribution is 4.99. The molecule has 2 aliphatic rings. The van der Waals surface area contributed by atoms with Crippen LogP contribution in [0.5, 0.6) is 0 Å². The molecular formula is C13H22N2O. The molecule has 0 spiro atoms. The molecule has 2 rings (SSSR count). The maximum absolute atomic E-state index is 9.48. The molecule has 1 saturated carbocycles. The van der Waals surface area contributed by atoms with E-state index in [0.717, 1.165) is 25.8 Å². The summed E-state index contributed by atoms with van der Waals surface area (Å²) in [4.78, 5) is 2.44. The summed E-state index contributed by atoms with van der Waals surface area (Å²) in [6.07, 6.45) is 8.21. The zero-order valence-electron chi connectivity index (χ0n) is 9.94. The van der Waals surface area contributed by atoms with E-state index in [1.807, 2.05) is 0 Å². The van der Waals surface area contributed by atoms with Crippen LogP contribution in [0.1, 0.15) is 44.9 Å². The molecule has 3 unspecified atom stereocenters. The highest BCUT2D eigenvalue weighted by Gasteiger charge is 2.35. The predicted molar refractivity (Wildman–Crippen MR) is 62.8 cm³/mol. The van der Waals surface area contributed by atoms with Crippen LogP contribution in [0.4, 0.5) is 0 Å². The van der Waals surface area contributed by atoms with Gasteiger partial charge in [-0.05, 0) is 32.2 Å². The van der Waals surface area contributed by atoms with Crippen molar-refractivity contribution in [1.29, 1.82) is 5.26 Å². The molecule has 3 heteroatoms. The summed E-state index contributed by atoms with van der Waals surface area (Å²) in [6.45, 7) is 1.34. The van der Waals surface area contributed by atoms with Crippen molar-refractivity contribution in [2.24, 2.45) is 5.92 Å². The van der Waals surface area contributed by atoms with Crippen LogP contribution in [-0.4, -0.2) is 35.2 Å². The molecule has 3 atom stereocenters. The Morgan fingerprint density at radius 2 is 2.00 bits per heavy atom. The quantitative estimate of drug-likeness (QED) is 0.776. The van der Waals surface area contributed by atoms with Gasteiger partial charge in [0.25, 0.3) is 0 Å². The molecule has 1 aliphatic carbocycles. The first kappa shape index (κ1) is 11.9. The van der Waals surface area contributed by atoms with E-state index < -0.39 is 0 Å². The maximum atomic E-state index is 9.48. The van der Waals surface area contributed by atoms with Gasteiger partial charge in [0.15, 0.2) is 0 Å². The third-order valence-electron chi connectivity index (χ3n) is 4.20. The van der Waals surface area contributed by atoms with Crippen LogP contribution in [0.25, 0.3) is 0 Å². The highest BCUT2D eigenvalue weighted by Crippen LogP contribution is 2.32. The smallest absolute Gasteiger partial charge is 0.0672 e. The number of hydrogen-bond acceptors (Lipinski definition) is 3. The first-order valence-corrected chi connectivity index (χ1v) is 6.63. The van der Waals surface area contributed by atoms with Crippen molar-refractivity contribution in [2.75, 3.05) is 13.2 Å². The van der Waals surface area contributed by atoms with Gasteiger partial charge in [-0.2, -0.15) is 5.26 Å². The average Bonchev–Trinajstić information content (AvgIpc) is 2.66. The Morgan fingerprint density at radius 3 is 2.75 bits per heavy atom. The van der Waals surface area contributed by atoms with Crippen LogP contribution in [0, 0.1) is 17.2 Å². The summed E-state index contributed by atoms with van der Waals surface area (Å²) in [6, 6.07) is 3.18. The first-order valence-electron chi connectivity index (χ1n) is 6.63. The van der Waals surface area contributed by atoms with Gasteiger partial charge in [0, 0.05) is 12.1 Å². The van der Waals surface area contributed by atoms with Crippen molar-refractivity contribution < 1.29 is 5.11 Å². The summed E-state index contributed by atoms with van der Waals surface area (Å²) in [5, 5.41) is 18.6. The fourth-order valence-corrected chi connectivity index (χ4v) is 3.32. The summed E-state index contributed by atoms with van der Waals surface area (Å²) >= 11 is 0. The van der Waals surface area contributed by atoms with E-state index in [1.54, 1.807) is 0 Å². The molecule has 0 bridgehead atoms. The lowest BCUT2D eigenvalue weighted by molar-refractivity contribution is 0.0762. The monoisotopic (exact) mass is 222 g/mol. The largest absolute Gasteiger partial charge is 0.395 e. The van der Waals surface area contributed by atoms with Crippen LogP contribution in [0.2, 0.25) is 0 Å². The van der Waals surface area contributed by atoms with Gasteiger partial charge in [-0.15, -0.1) is 0 Å². The van der Waals surface area contributed by atoms with Gasteiger partial charge < -0.3 is 5.11 Å². The normalized spacial score (nSPS) is 36.9. The van der Waals surface area contributed by atoms with Crippen LogP contribution in [0.15, 0.2) is 0 Å². The number of aliphatic hydroxyl groups excluding tert-OH is 1. The molecule has 0 radical (unpaired) electrons. The van der Waals surface area contributed by atoms with E-state index in [0.29, 0.717) is 12.1 Å². The number of hydrogen-bond donors (Lipinski definition) is 1. The molecular weight excluding hydrogens is 200 g/mol.